The number of amides is 2. The molecule has 0 aromatic heterocycles. The molecule has 8 nitrogen and oxygen atoms in total. The molecule has 2 atom stereocenters. The molecule has 0 spiro atoms. The smallest absolute Gasteiger partial charge is 0.407 e. The predicted molar refractivity (Wildman–Crippen MR) is 86.1 cm³/mol. The third-order valence-corrected chi connectivity index (χ3v) is 4.36. The second-order valence-electron chi connectivity index (χ2n) is 6.84. The molecule has 1 fully saturated rings. The first kappa shape index (κ1) is 19.7. The molecule has 0 bridgehead atoms. The number of nitrogens with two attached hydrogens (primary N) is 1. The van der Waals surface area contributed by atoms with Crippen LogP contribution in [0.15, 0.2) is 0 Å². The highest BCUT2D eigenvalue weighted by molar-refractivity contribution is 7.89. The van der Waals surface area contributed by atoms with E-state index in [-0.39, 0.29) is 30.0 Å². The van der Waals surface area contributed by atoms with E-state index in [4.69, 9.17) is 9.88 Å². The summed E-state index contributed by atoms with van der Waals surface area (Å²) in [6.07, 6.45) is 1.96. The number of primary sulfonamides is 1. The fraction of sp³-hybridized carbons (Fsp3) is 0.857. The van der Waals surface area contributed by atoms with Crippen molar-refractivity contribution in [3.8, 4) is 0 Å². The van der Waals surface area contributed by atoms with Crippen LogP contribution in [-0.2, 0) is 19.6 Å². The summed E-state index contributed by atoms with van der Waals surface area (Å²) >= 11 is 0. The summed E-state index contributed by atoms with van der Waals surface area (Å²) in [5.41, 5.74) is -0.565. The van der Waals surface area contributed by atoms with Gasteiger partial charge in [-0.1, -0.05) is 6.42 Å². The number of hydrogen-bond acceptors (Lipinski definition) is 5. The monoisotopic (exact) mass is 349 g/mol. The first-order valence-electron chi connectivity index (χ1n) is 7.73. The Morgan fingerprint density at radius 3 is 2.43 bits per heavy atom. The van der Waals surface area contributed by atoms with E-state index in [2.05, 4.69) is 10.6 Å². The first-order chi connectivity index (χ1) is 10.5. The predicted octanol–water partition coefficient (Wildman–Crippen LogP) is 0.332. The van der Waals surface area contributed by atoms with Crippen LogP contribution in [0, 0.1) is 11.8 Å². The van der Waals surface area contributed by atoms with Crippen LogP contribution in [-0.4, -0.2) is 44.9 Å². The molecule has 4 N–H and O–H groups in total. The highest BCUT2D eigenvalue weighted by Gasteiger charge is 2.33. The zero-order valence-corrected chi connectivity index (χ0v) is 14.7. The van der Waals surface area contributed by atoms with E-state index < -0.39 is 21.7 Å². The molecular weight excluding hydrogens is 322 g/mol. The van der Waals surface area contributed by atoms with Crippen LogP contribution >= 0.6 is 0 Å². The number of sulfonamides is 1. The van der Waals surface area contributed by atoms with Gasteiger partial charge in [-0.25, -0.2) is 18.4 Å². The Hall–Kier alpha value is -1.35. The Labute approximate surface area is 137 Å². The largest absolute Gasteiger partial charge is 0.444 e. The molecule has 2 unspecified atom stereocenters. The minimum Gasteiger partial charge on any atom is -0.444 e. The summed E-state index contributed by atoms with van der Waals surface area (Å²) in [4.78, 5) is 23.8. The number of ether oxygens (including phenoxy) is 1. The van der Waals surface area contributed by atoms with Crippen LogP contribution in [0.3, 0.4) is 0 Å². The molecule has 1 rings (SSSR count). The number of alkyl carbamates (subject to hydrolysis) is 1. The second kappa shape index (κ2) is 7.96. The normalized spacial score (nSPS) is 21.7. The Morgan fingerprint density at radius 2 is 1.87 bits per heavy atom. The van der Waals surface area contributed by atoms with Crippen molar-refractivity contribution in [2.75, 3.05) is 18.8 Å². The molecule has 0 heterocycles. The lowest BCUT2D eigenvalue weighted by Gasteiger charge is -2.22. The van der Waals surface area contributed by atoms with Gasteiger partial charge in [0.1, 0.15) is 5.60 Å². The lowest BCUT2D eigenvalue weighted by Crippen LogP contribution is -2.41. The van der Waals surface area contributed by atoms with Crippen molar-refractivity contribution in [2.24, 2.45) is 17.0 Å². The molecule has 0 aromatic carbocycles. The van der Waals surface area contributed by atoms with Gasteiger partial charge in [-0.3, -0.25) is 4.79 Å². The van der Waals surface area contributed by atoms with E-state index in [1.54, 1.807) is 20.8 Å². The summed E-state index contributed by atoms with van der Waals surface area (Å²) in [5.74, 6) is -0.684. The Bertz CT molecular complexity index is 527. The molecule has 23 heavy (non-hydrogen) atoms. The average molecular weight is 349 g/mol. The second-order valence-corrected chi connectivity index (χ2v) is 8.57. The molecule has 1 aliphatic carbocycles. The number of hydrogen-bond donors (Lipinski definition) is 3. The van der Waals surface area contributed by atoms with Gasteiger partial charge in [-0.15, -0.1) is 0 Å². The molecule has 0 saturated heterocycles. The highest BCUT2D eigenvalue weighted by Crippen LogP contribution is 2.31. The van der Waals surface area contributed by atoms with Gasteiger partial charge in [0.15, 0.2) is 0 Å². The van der Waals surface area contributed by atoms with Gasteiger partial charge in [0.2, 0.25) is 15.9 Å². The van der Waals surface area contributed by atoms with E-state index >= 15 is 0 Å². The van der Waals surface area contributed by atoms with E-state index in [1.165, 1.54) is 0 Å². The molecule has 2 amide bonds. The van der Waals surface area contributed by atoms with Gasteiger partial charge in [0.05, 0.1) is 5.75 Å². The van der Waals surface area contributed by atoms with Crippen LogP contribution in [0.5, 0.6) is 0 Å². The summed E-state index contributed by atoms with van der Waals surface area (Å²) in [6, 6.07) is 0. The van der Waals surface area contributed by atoms with Gasteiger partial charge >= 0.3 is 6.09 Å². The fourth-order valence-corrected chi connectivity index (χ4v) is 2.99. The van der Waals surface area contributed by atoms with Crippen LogP contribution in [0.2, 0.25) is 0 Å². The lowest BCUT2D eigenvalue weighted by atomic mass is 9.95. The number of rotatable bonds is 6. The quantitative estimate of drug-likeness (QED) is 0.637. The van der Waals surface area contributed by atoms with E-state index in [0.717, 1.165) is 19.3 Å². The van der Waals surface area contributed by atoms with Crippen molar-refractivity contribution in [1.82, 2.24) is 10.6 Å². The van der Waals surface area contributed by atoms with Crippen LogP contribution in [0.4, 0.5) is 4.79 Å². The maximum Gasteiger partial charge on any atom is 0.407 e. The number of nitrogens with one attached hydrogen (secondary N) is 2. The van der Waals surface area contributed by atoms with Crippen molar-refractivity contribution in [1.29, 1.82) is 0 Å². The van der Waals surface area contributed by atoms with E-state index in [1.807, 2.05) is 0 Å². The summed E-state index contributed by atoms with van der Waals surface area (Å²) in [6.45, 7) is 5.71. The van der Waals surface area contributed by atoms with Crippen LogP contribution in [0.25, 0.3) is 0 Å². The maximum atomic E-state index is 12.1. The Kier molecular flexibility index (Phi) is 6.82. The SMILES string of the molecule is CC(C)(C)OC(=O)NCC1CCCC1C(=O)NCCS(N)(=O)=O. The van der Waals surface area contributed by atoms with Crippen molar-refractivity contribution in [2.45, 2.75) is 45.6 Å². The standard InChI is InChI=1S/C14H27N3O5S/c1-14(2,3)22-13(19)17-9-10-5-4-6-11(10)12(18)16-7-8-23(15,20)21/h10-11H,4-9H2,1-3H3,(H,16,18)(H,17,19)(H2,15,20,21). The minimum absolute atomic E-state index is 0.000378. The third kappa shape index (κ3) is 8.17. The van der Waals surface area contributed by atoms with Crippen molar-refractivity contribution >= 4 is 22.0 Å². The Morgan fingerprint density at radius 1 is 1.22 bits per heavy atom. The molecule has 1 saturated carbocycles. The molecule has 0 radical (unpaired) electrons. The zero-order valence-electron chi connectivity index (χ0n) is 13.9. The van der Waals surface area contributed by atoms with E-state index in [0.29, 0.717) is 6.54 Å². The maximum absolute atomic E-state index is 12.1. The molecular formula is C14H27N3O5S. The summed E-state index contributed by atoms with van der Waals surface area (Å²) in [7, 11) is -3.58. The van der Waals surface area contributed by atoms with Gasteiger partial charge in [-0.05, 0) is 39.5 Å². The number of carbonyl (C=O) groups is 2. The summed E-state index contributed by atoms with van der Waals surface area (Å²) < 4.78 is 26.9. The van der Waals surface area contributed by atoms with Crippen LogP contribution < -0.4 is 15.8 Å². The van der Waals surface area contributed by atoms with E-state index in [9.17, 15) is 18.0 Å². The van der Waals surface area contributed by atoms with Gasteiger partial charge in [0, 0.05) is 19.0 Å². The fourth-order valence-electron chi connectivity index (χ4n) is 2.60. The van der Waals surface area contributed by atoms with Crippen LogP contribution in [0.1, 0.15) is 40.0 Å². The average Bonchev–Trinajstić information content (AvgIpc) is 2.80. The zero-order chi connectivity index (χ0) is 17.7. The topological polar surface area (TPSA) is 128 Å². The molecule has 1 aliphatic rings. The molecule has 9 heteroatoms. The summed E-state index contributed by atoms with van der Waals surface area (Å²) in [5, 5.41) is 10.2. The number of carbonyl (C=O) groups excluding carboxylic acids is 2. The Balaban J connectivity index is 2.41. The van der Waals surface area contributed by atoms with Gasteiger partial charge in [0.25, 0.3) is 0 Å². The van der Waals surface area contributed by atoms with Gasteiger partial charge in [-0.2, -0.15) is 0 Å². The molecule has 0 aromatic rings. The third-order valence-electron chi connectivity index (χ3n) is 3.59. The lowest BCUT2D eigenvalue weighted by molar-refractivity contribution is -0.125. The van der Waals surface area contributed by atoms with Crippen molar-refractivity contribution in [3.63, 3.8) is 0 Å². The minimum atomic E-state index is -3.58. The molecule has 134 valence electrons. The van der Waals surface area contributed by atoms with Crippen molar-refractivity contribution in [3.05, 3.63) is 0 Å². The van der Waals surface area contributed by atoms with Crippen molar-refractivity contribution < 1.29 is 22.7 Å². The first-order valence-corrected chi connectivity index (χ1v) is 9.44. The molecule has 0 aliphatic heterocycles. The highest BCUT2D eigenvalue weighted by atomic mass is 32.2. The van der Waals surface area contributed by atoms with Gasteiger partial charge < -0.3 is 15.4 Å².